The summed E-state index contributed by atoms with van der Waals surface area (Å²) in [7, 11) is -3.58. The highest BCUT2D eigenvalue weighted by Gasteiger charge is 2.21. The number of carbonyl (C=O) groups excluding carboxylic acids is 1. The van der Waals surface area contributed by atoms with Crippen LogP contribution < -0.4 is 10.6 Å². The average molecular weight is 414 g/mol. The van der Waals surface area contributed by atoms with Gasteiger partial charge in [-0.1, -0.05) is 31.5 Å². The standard InChI is InChI=1S/C18H21ClFN3O3S/c1-3-23(4-2)27(25,26)15-7-5-6-13(10-15)21-12-18(24)22-14-8-9-17(20)16(19)11-14/h5-11,21H,3-4,12H2,1-2H3,(H,22,24). The van der Waals surface area contributed by atoms with Crippen molar-refractivity contribution in [2.75, 3.05) is 30.3 Å². The number of anilines is 2. The number of amides is 1. The third kappa shape index (κ3) is 5.41. The molecule has 9 heteroatoms. The van der Waals surface area contributed by atoms with Crippen molar-refractivity contribution in [1.29, 1.82) is 0 Å². The minimum Gasteiger partial charge on any atom is -0.376 e. The summed E-state index contributed by atoms with van der Waals surface area (Å²) < 4.78 is 39.6. The molecule has 1 amide bonds. The zero-order valence-electron chi connectivity index (χ0n) is 15.0. The molecule has 0 saturated heterocycles. The van der Waals surface area contributed by atoms with Crippen molar-refractivity contribution in [3.63, 3.8) is 0 Å². The van der Waals surface area contributed by atoms with Crippen LogP contribution in [0, 0.1) is 5.82 Å². The van der Waals surface area contributed by atoms with Crippen LogP contribution in [0.15, 0.2) is 47.4 Å². The zero-order valence-corrected chi connectivity index (χ0v) is 16.6. The van der Waals surface area contributed by atoms with Gasteiger partial charge in [0.1, 0.15) is 5.82 Å². The Morgan fingerprint density at radius 2 is 1.81 bits per heavy atom. The lowest BCUT2D eigenvalue weighted by Gasteiger charge is -2.19. The van der Waals surface area contributed by atoms with Crippen molar-refractivity contribution in [3.05, 3.63) is 53.3 Å². The van der Waals surface area contributed by atoms with Crippen molar-refractivity contribution in [1.82, 2.24) is 4.31 Å². The Morgan fingerprint density at radius 1 is 1.11 bits per heavy atom. The highest BCUT2D eigenvalue weighted by atomic mass is 35.5. The fourth-order valence-corrected chi connectivity index (χ4v) is 4.13. The number of carbonyl (C=O) groups is 1. The van der Waals surface area contributed by atoms with E-state index in [1.165, 1.54) is 28.6 Å². The Hall–Kier alpha value is -2.16. The van der Waals surface area contributed by atoms with Gasteiger partial charge in [-0.15, -0.1) is 0 Å². The Labute approximate surface area is 163 Å². The highest BCUT2D eigenvalue weighted by molar-refractivity contribution is 7.89. The number of benzene rings is 2. The van der Waals surface area contributed by atoms with Gasteiger partial charge in [-0.25, -0.2) is 12.8 Å². The number of hydrogen-bond acceptors (Lipinski definition) is 4. The summed E-state index contributed by atoms with van der Waals surface area (Å²) in [5.41, 5.74) is 0.863. The summed E-state index contributed by atoms with van der Waals surface area (Å²) in [5.74, 6) is -0.950. The van der Waals surface area contributed by atoms with Crippen LogP contribution in [0.2, 0.25) is 5.02 Å². The fraction of sp³-hybridized carbons (Fsp3) is 0.278. The fourth-order valence-electron chi connectivity index (χ4n) is 2.44. The van der Waals surface area contributed by atoms with Gasteiger partial charge in [-0.2, -0.15) is 4.31 Å². The van der Waals surface area contributed by atoms with Crippen LogP contribution in [-0.2, 0) is 14.8 Å². The maximum Gasteiger partial charge on any atom is 0.243 e. The predicted octanol–water partition coefficient (Wildman–Crippen LogP) is 3.56. The van der Waals surface area contributed by atoms with Gasteiger partial charge in [0.25, 0.3) is 0 Å². The third-order valence-corrected chi connectivity index (χ3v) is 6.17. The van der Waals surface area contributed by atoms with Crippen LogP contribution in [-0.4, -0.2) is 38.3 Å². The van der Waals surface area contributed by atoms with Gasteiger partial charge in [-0.3, -0.25) is 4.79 Å². The van der Waals surface area contributed by atoms with Gasteiger partial charge in [-0.05, 0) is 36.4 Å². The summed E-state index contributed by atoms with van der Waals surface area (Å²) >= 11 is 5.68. The molecule has 0 atom stereocenters. The molecule has 0 unspecified atom stereocenters. The Balaban J connectivity index is 2.04. The maximum absolute atomic E-state index is 13.1. The highest BCUT2D eigenvalue weighted by Crippen LogP contribution is 2.20. The summed E-state index contributed by atoms with van der Waals surface area (Å²) in [6.45, 7) is 4.20. The van der Waals surface area contributed by atoms with E-state index in [-0.39, 0.29) is 22.4 Å². The first kappa shape index (κ1) is 21.1. The SMILES string of the molecule is CCN(CC)S(=O)(=O)c1cccc(NCC(=O)Nc2ccc(F)c(Cl)c2)c1. The van der Waals surface area contributed by atoms with Crippen LogP contribution in [0.4, 0.5) is 15.8 Å². The van der Waals surface area contributed by atoms with Gasteiger partial charge in [0.05, 0.1) is 16.5 Å². The van der Waals surface area contributed by atoms with Crippen molar-refractivity contribution in [3.8, 4) is 0 Å². The number of nitrogens with zero attached hydrogens (tertiary/aromatic N) is 1. The molecule has 6 nitrogen and oxygen atoms in total. The van der Waals surface area contributed by atoms with Crippen LogP contribution in [0.1, 0.15) is 13.8 Å². The molecule has 0 aliphatic rings. The summed E-state index contributed by atoms with van der Waals surface area (Å²) in [5, 5.41) is 5.37. The van der Waals surface area contributed by atoms with Crippen LogP contribution in [0.3, 0.4) is 0 Å². The number of halogens is 2. The molecule has 2 aromatic carbocycles. The second-order valence-electron chi connectivity index (χ2n) is 5.65. The van der Waals surface area contributed by atoms with Crippen LogP contribution >= 0.6 is 11.6 Å². The number of nitrogens with one attached hydrogen (secondary N) is 2. The number of rotatable bonds is 8. The van der Waals surface area contributed by atoms with Crippen LogP contribution in [0.25, 0.3) is 0 Å². The van der Waals surface area contributed by atoms with Crippen molar-refractivity contribution in [2.24, 2.45) is 0 Å². The molecule has 2 N–H and O–H groups in total. The van der Waals surface area contributed by atoms with Gasteiger partial charge in [0.15, 0.2) is 0 Å². The molecule has 0 fully saturated rings. The summed E-state index contributed by atoms with van der Waals surface area (Å²) in [6, 6.07) is 10.1. The first-order valence-electron chi connectivity index (χ1n) is 8.37. The van der Waals surface area contributed by atoms with E-state index in [1.54, 1.807) is 26.0 Å². The average Bonchev–Trinajstić information content (AvgIpc) is 2.64. The first-order valence-corrected chi connectivity index (χ1v) is 10.2. The van der Waals surface area contributed by atoms with Gasteiger partial charge in [0.2, 0.25) is 15.9 Å². The molecule has 0 spiro atoms. The van der Waals surface area contributed by atoms with Crippen molar-refractivity contribution in [2.45, 2.75) is 18.7 Å². The monoisotopic (exact) mass is 413 g/mol. The smallest absolute Gasteiger partial charge is 0.243 e. The lowest BCUT2D eigenvalue weighted by Crippen LogP contribution is -2.30. The van der Waals surface area contributed by atoms with Gasteiger partial charge in [0, 0.05) is 24.5 Å². The molecule has 2 aromatic rings. The lowest BCUT2D eigenvalue weighted by atomic mass is 10.3. The van der Waals surface area contributed by atoms with Crippen molar-refractivity contribution >= 4 is 38.9 Å². The van der Waals surface area contributed by atoms with E-state index in [4.69, 9.17) is 11.6 Å². The molecule has 146 valence electrons. The van der Waals surface area contributed by atoms with E-state index in [0.717, 1.165) is 6.07 Å². The zero-order chi connectivity index (χ0) is 20.0. The second-order valence-corrected chi connectivity index (χ2v) is 7.99. The Kier molecular flexibility index (Phi) is 7.18. The predicted molar refractivity (Wildman–Crippen MR) is 105 cm³/mol. The minimum absolute atomic E-state index is 0.0879. The quantitative estimate of drug-likeness (QED) is 0.693. The number of hydrogen-bond donors (Lipinski definition) is 2. The molecule has 2 rings (SSSR count). The van der Waals surface area contributed by atoms with E-state index >= 15 is 0 Å². The van der Waals surface area contributed by atoms with E-state index in [0.29, 0.717) is 24.5 Å². The normalized spacial score (nSPS) is 11.4. The molecule has 27 heavy (non-hydrogen) atoms. The minimum atomic E-state index is -3.58. The maximum atomic E-state index is 13.1. The molecular formula is C18H21ClFN3O3S. The molecule has 0 aliphatic carbocycles. The topological polar surface area (TPSA) is 78.5 Å². The molecule has 0 aromatic heterocycles. The molecule has 0 aliphatic heterocycles. The van der Waals surface area contributed by atoms with E-state index < -0.39 is 15.8 Å². The van der Waals surface area contributed by atoms with Crippen LogP contribution in [0.5, 0.6) is 0 Å². The molecule has 0 radical (unpaired) electrons. The molecule has 0 saturated carbocycles. The first-order chi connectivity index (χ1) is 12.8. The Bertz CT molecular complexity index is 918. The summed E-state index contributed by atoms with van der Waals surface area (Å²) in [6.07, 6.45) is 0. The molecular weight excluding hydrogens is 393 g/mol. The van der Waals surface area contributed by atoms with E-state index in [1.807, 2.05) is 0 Å². The van der Waals surface area contributed by atoms with E-state index in [2.05, 4.69) is 10.6 Å². The van der Waals surface area contributed by atoms with Crippen molar-refractivity contribution < 1.29 is 17.6 Å². The third-order valence-electron chi connectivity index (χ3n) is 3.83. The summed E-state index contributed by atoms with van der Waals surface area (Å²) in [4.78, 5) is 12.2. The largest absolute Gasteiger partial charge is 0.376 e. The molecule has 0 heterocycles. The van der Waals surface area contributed by atoms with E-state index in [9.17, 15) is 17.6 Å². The van der Waals surface area contributed by atoms with Gasteiger partial charge >= 0.3 is 0 Å². The second kappa shape index (κ2) is 9.16. The Morgan fingerprint density at radius 3 is 2.44 bits per heavy atom. The molecule has 0 bridgehead atoms. The number of sulfonamides is 1. The van der Waals surface area contributed by atoms with Gasteiger partial charge < -0.3 is 10.6 Å². The lowest BCUT2D eigenvalue weighted by molar-refractivity contribution is -0.114.